The van der Waals surface area contributed by atoms with Gasteiger partial charge < -0.3 is 15.5 Å². The van der Waals surface area contributed by atoms with E-state index in [0.717, 1.165) is 6.04 Å². The van der Waals surface area contributed by atoms with Gasteiger partial charge >= 0.3 is 0 Å². The molecule has 0 aromatic carbocycles. The maximum Gasteiger partial charge on any atom is 0.00912 e. The van der Waals surface area contributed by atoms with Crippen LogP contribution < -0.4 is 10.6 Å². The minimum atomic E-state index is 0.767. The average molecular weight is 213 g/mol. The monoisotopic (exact) mass is 213 g/mol. The van der Waals surface area contributed by atoms with Crippen LogP contribution in [0.5, 0.6) is 0 Å². The Bertz CT molecular complexity index is 140. The summed E-state index contributed by atoms with van der Waals surface area (Å²) >= 11 is 0. The third kappa shape index (κ3) is 5.50. The summed E-state index contributed by atoms with van der Waals surface area (Å²) in [5, 5.41) is 7.05. The summed E-state index contributed by atoms with van der Waals surface area (Å²) in [4.78, 5) is 2.49. The molecule has 1 heterocycles. The van der Waals surface area contributed by atoms with Gasteiger partial charge in [0.25, 0.3) is 0 Å². The molecule has 1 aliphatic rings. The predicted octanol–water partition coefficient (Wildman–Crippen LogP) is 1.06. The Hall–Kier alpha value is -0.120. The molecule has 0 aromatic rings. The number of rotatable bonds is 7. The van der Waals surface area contributed by atoms with Crippen LogP contribution in [0.15, 0.2) is 0 Å². The van der Waals surface area contributed by atoms with Gasteiger partial charge in [-0.1, -0.05) is 13.8 Å². The molecule has 0 aliphatic carbocycles. The lowest BCUT2D eigenvalue weighted by molar-refractivity contribution is 0.291. The molecule has 3 nitrogen and oxygen atoms in total. The quantitative estimate of drug-likeness (QED) is 0.619. The summed E-state index contributed by atoms with van der Waals surface area (Å²) in [6, 6.07) is 0.767. The molecule has 0 atom stereocenters. The van der Waals surface area contributed by atoms with E-state index in [1.165, 1.54) is 58.5 Å². The van der Waals surface area contributed by atoms with Crippen molar-refractivity contribution < 1.29 is 0 Å². The van der Waals surface area contributed by atoms with Gasteiger partial charge in [-0.2, -0.15) is 0 Å². The smallest absolute Gasteiger partial charge is 0.00912 e. The average Bonchev–Trinajstić information content (AvgIpc) is 2.31. The summed E-state index contributed by atoms with van der Waals surface area (Å²) in [7, 11) is 0. The highest BCUT2D eigenvalue weighted by Gasteiger charge is 2.11. The van der Waals surface area contributed by atoms with E-state index in [2.05, 4.69) is 29.4 Å². The van der Waals surface area contributed by atoms with Crippen LogP contribution in [0, 0.1) is 0 Å². The first-order valence-electron chi connectivity index (χ1n) is 6.53. The predicted molar refractivity (Wildman–Crippen MR) is 66.3 cm³/mol. The highest BCUT2D eigenvalue weighted by Crippen LogP contribution is 2.01. The van der Waals surface area contributed by atoms with Gasteiger partial charge in [-0.15, -0.1) is 0 Å². The summed E-state index contributed by atoms with van der Waals surface area (Å²) in [5.74, 6) is 0. The Morgan fingerprint density at radius 1 is 1.20 bits per heavy atom. The third-order valence-electron chi connectivity index (χ3n) is 3.32. The Morgan fingerprint density at radius 3 is 2.47 bits per heavy atom. The van der Waals surface area contributed by atoms with Crippen molar-refractivity contribution in [1.29, 1.82) is 0 Å². The zero-order valence-electron chi connectivity index (χ0n) is 10.4. The number of nitrogens with zero attached hydrogens (tertiary/aromatic N) is 1. The summed E-state index contributed by atoms with van der Waals surface area (Å²) < 4.78 is 0. The Balaban J connectivity index is 1.95. The topological polar surface area (TPSA) is 27.3 Å². The highest BCUT2D eigenvalue weighted by atomic mass is 15.1. The molecule has 15 heavy (non-hydrogen) atoms. The van der Waals surface area contributed by atoms with Crippen LogP contribution in [0.3, 0.4) is 0 Å². The van der Waals surface area contributed by atoms with E-state index in [-0.39, 0.29) is 0 Å². The van der Waals surface area contributed by atoms with Crippen LogP contribution >= 0.6 is 0 Å². The van der Waals surface area contributed by atoms with E-state index in [4.69, 9.17) is 0 Å². The summed E-state index contributed by atoms with van der Waals surface area (Å²) in [6.07, 6.45) is 3.88. The van der Waals surface area contributed by atoms with Gasteiger partial charge in [0, 0.05) is 6.04 Å². The lowest BCUT2D eigenvalue weighted by atomic mass is 10.1. The maximum atomic E-state index is 3.66. The highest BCUT2D eigenvalue weighted by molar-refractivity contribution is 4.74. The van der Waals surface area contributed by atoms with Gasteiger partial charge in [-0.3, -0.25) is 0 Å². The van der Waals surface area contributed by atoms with Crippen LogP contribution in [-0.4, -0.2) is 50.2 Å². The van der Waals surface area contributed by atoms with E-state index >= 15 is 0 Å². The second kappa shape index (κ2) is 8.08. The number of hydrogen-bond acceptors (Lipinski definition) is 3. The molecule has 3 heteroatoms. The van der Waals surface area contributed by atoms with E-state index in [9.17, 15) is 0 Å². The molecule has 2 N–H and O–H groups in total. The first kappa shape index (κ1) is 12.9. The SMILES string of the molecule is CCN(CC)CCCNC1CCNCC1. The van der Waals surface area contributed by atoms with Crippen molar-refractivity contribution in [2.75, 3.05) is 39.3 Å². The fourth-order valence-corrected chi connectivity index (χ4v) is 2.17. The van der Waals surface area contributed by atoms with Crippen molar-refractivity contribution in [3.8, 4) is 0 Å². The molecular formula is C12H27N3. The lowest BCUT2D eigenvalue weighted by Gasteiger charge is -2.24. The lowest BCUT2D eigenvalue weighted by Crippen LogP contribution is -2.40. The Labute approximate surface area is 94.6 Å². The second-order valence-corrected chi connectivity index (χ2v) is 4.36. The molecule has 0 bridgehead atoms. The first-order chi connectivity index (χ1) is 7.36. The van der Waals surface area contributed by atoms with Crippen LogP contribution in [0.2, 0.25) is 0 Å². The fourth-order valence-electron chi connectivity index (χ4n) is 2.17. The second-order valence-electron chi connectivity index (χ2n) is 4.36. The van der Waals surface area contributed by atoms with Crippen molar-refractivity contribution in [1.82, 2.24) is 15.5 Å². The van der Waals surface area contributed by atoms with Crippen LogP contribution in [0.1, 0.15) is 33.1 Å². The molecule has 1 aliphatic heterocycles. The van der Waals surface area contributed by atoms with Gasteiger partial charge in [0.05, 0.1) is 0 Å². The first-order valence-corrected chi connectivity index (χ1v) is 6.53. The minimum Gasteiger partial charge on any atom is -0.317 e. The van der Waals surface area contributed by atoms with E-state index in [1.54, 1.807) is 0 Å². The van der Waals surface area contributed by atoms with Gasteiger partial charge in [-0.25, -0.2) is 0 Å². The molecule has 0 saturated carbocycles. The Morgan fingerprint density at radius 2 is 1.87 bits per heavy atom. The van der Waals surface area contributed by atoms with E-state index in [0.29, 0.717) is 0 Å². The van der Waals surface area contributed by atoms with Crippen molar-refractivity contribution >= 4 is 0 Å². The largest absolute Gasteiger partial charge is 0.317 e. The van der Waals surface area contributed by atoms with E-state index in [1.807, 2.05) is 0 Å². The Kier molecular flexibility index (Phi) is 6.98. The molecule has 0 amide bonds. The van der Waals surface area contributed by atoms with Crippen molar-refractivity contribution in [2.24, 2.45) is 0 Å². The van der Waals surface area contributed by atoms with Gasteiger partial charge in [0.2, 0.25) is 0 Å². The van der Waals surface area contributed by atoms with Crippen molar-refractivity contribution in [2.45, 2.75) is 39.2 Å². The minimum absolute atomic E-state index is 0.767. The molecule has 90 valence electrons. The molecule has 1 fully saturated rings. The third-order valence-corrected chi connectivity index (χ3v) is 3.32. The molecular weight excluding hydrogens is 186 g/mol. The van der Waals surface area contributed by atoms with Gasteiger partial charge in [0.1, 0.15) is 0 Å². The molecule has 1 saturated heterocycles. The van der Waals surface area contributed by atoms with Gasteiger partial charge in [-0.05, 0) is 58.5 Å². The zero-order chi connectivity index (χ0) is 10.9. The molecule has 1 rings (SSSR count). The van der Waals surface area contributed by atoms with E-state index < -0.39 is 0 Å². The number of hydrogen-bond donors (Lipinski definition) is 2. The molecule has 0 spiro atoms. The molecule has 0 radical (unpaired) electrons. The standard InChI is InChI=1S/C12H27N3/c1-3-15(4-2)11-5-8-14-12-6-9-13-10-7-12/h12-14H,3-11H2,1-2H3. The van der Waals surface area contributed by atoms with Crippen LogP contribution in [0.25, 0.3) is 0 Å². The fraction of sp³-hybridized carbons (Fsp3) is 1.00. The maximum absolute atomic E-state index is 3.66. The van der Waals surface area contributed by atoms with Crippen molar-refractivity contribution in [3.05, 3.63) is 0 Å². The summed E-state index contributed by atoms with van der Waals surface area (Å²) in [6.45, 7) is 11.6. The van der Waals surface area contributed by atoms with Crippen molar-refractivity contribution in [3.63, 3.8) is 0 Å². The summed E-state index contributed by atoms with van der Waals surface area (Å²) in [5.41, 5.74) is 0. The number of piperidine rings is 1. The molecule has 0 unspecified atom stereocenters. The normalized spacial score (nSPS) is 18.6. The number of nitrogens with one attached hydrogen (secondary N) is 2. The van der Waals surface area contributed by atoms with Gasteiger partial charge in [0.15, 0.2) is 0 Å². The zero-order valence-corrected chi connectivity index (χ0v) is 10.4. The molecule has 0 aromatic heterocycles. The van der Waals surface area contributed by atoms with Crippen LogP contribution in [-0.2, 0) is 0 Å². The van der Waals surface area contributed by atoms with Crippen LogP contribution in [0.4, 0.5) is 0 Å².